The molecule has 4 unspecified atom stereocenters. The highest BCUT2D eigenvalue weighted by Crippen LogP contribution is 2.58. The minimum absolute atomic E-state index is 0.0402. The van der Waals surface area contributed by atoms with E-state index >= 15 is 0 Å². The quantitative estimate of drug-likeness (QED) is 0.457. The van der Waals surface area contributed by atoms with Crippen LogP contribution in [0, 0.1) is 23.2 Å². The zero-order valence-corrected chi connectivity index (χ0v) is 25.1. The number of carbonyl (C=O) groups is 1. The van der Waals surface area contributed by atoms with Gasteiger partial charge in [0.05, 0.1) is 23.7 Å². The van der Waals surface area contributed by atoms with Crippen molar-refractivity contribution >= 4 is 17.4 Å². The van der Waals surface area contributed by atoms with E-state index in [1.165, 1.54) is 47.9 Å². The van der Waals surface area contributed by atoms with Crippen molar-refractivity contribution in [3.8, 4) is 6.07 Å². The van der Waals surface area contributed by atoms with Crippen LogP contribution in [-0.4, -0.2) is 83.0 Å². The number of hydrogen-bond donors (Lipinski definition) is 0. The zero-order valence-electron chi connectivity index (χ0n) is 25.1. The lowest BCUT2D eigenvalue weighted by atomic mass is 9.80. The summed E-state index contributed by atoms with van der Waals surface area (Å²) in [6.07, 6.45) is 14.6. The second-order valence-electron chi connectivity index (χ2n) is 14.2. The van der Waals surface area contributed by atoms with Crippen LogP contribution in [0.1, 0.15) is 61.1 Å². The average molecular weight is 592 g/mol. The fourth-order valence-corrected chi connectivity index (χ4v) is 9.80. The van der Waals surface area contributed by atoms with E-state index in [2.05, 4.69) is 58.9 Å². The number of halogens is 1. The van der Waals surface area contributed by atoms with E-state index in [1.54, 1.807) is 4.90 Å². The van der Waals surface area contributed by atoms with Crippen LogP contribution in [0.5, 0.6) is 0 Å². The lowest BCUT2D eigenvalue weighted by Crippen LogP contribution is -2.63. The molecule has 0 aromatic heterocycles. The molecule has 1 saturated carbocycles. The number of fused-ring (bicyclic) bond motifs is 6. The van der Waals surface area contributed by atoms with E-state index < -0.39 is 11.7 Å². The molecule has 8 aliphatic rings. The molecule has 0 radical (unpaired) electrons. The summed E-state index contributed by atoms with van der Waals surface area (Å²) in [4.78, 5) is 24.2. The molecule has 226 valence electrons. The molecule has 0 bridgehead atoms. The number of hydrogen-bond acceptors (Lipinski definition) is 6. The smallest absolute Gasteiger partial charge is 0.282 e. The van der Waals surface area contributed by atoms with E-state index in [1.807, 2.05) is 0 Å². The maximum Gasteiger partial charge on any atom is 0.282 e. The van der Waals surface area contributed by atoms with Crippen molar-refractivity contribution in [1.82, 2.24) is 14.7 Å². The molecule has 5 fully saturated rings. The summed E-state index contributed by atoms with van der Waals surface area (Å²) in [6.45, 7) is 7.09. The van der Waals surface area contributed by atoms with Gasteiger partial charge in [-0.2, -0.15) is 5.26 Å². The van der Waals surface area contributed by atoms with Crippen LogP contribution in [0.2, 0.25) is 0 Å². The molecule has 7 nitrogen and oxygen atoms in total. The average Bonchev–Trinajstić information content (AvgIpc) is 3.31. The Morgan fingerprint density at radius 1 is 1.20 bits per heavy atom. The Labute approximate surface area is 258 Å². The molecule has 5 aliphatic heterocycles. The van der Waals surface area contributed by atoms with Gasteiger partial charge in [-0.3, -0.25) is 9.69 Å². The Bertz CT molecular complexity index is 1640. The number of rotatable bonds is 5. The van der Waals surface area contributed by atoms with Gasteiger partial charge in [-0.1, -0.05) is 43.0 Å². The zero-order chi connectivity index (χ0) is 29.7. The van der Waals surface area contributed by atoms with Gasteiger partial charge in [-0.05, 0) is 92.1 Å². The minimum atomic E-state index is -0.911. The summed E-state index contributed by atoms with van der Waals surface area (Å²) in [6, 6.07) is 9.00. The van der Waals surface area contributed by atoms with Gasteiger partial charge in [0.15, 0.2) is 5.83 Å². The van der Waals surface area contributed by atoms with Gasteiger partial charge in [0.2, 0.25) is 5.90 Å². The first-order valence-corrected chi connectivity index (χ1v) is 16.5. The molecule has 3 aliphatic carbocycles. The molecule has 1 amide bonds. The van der Waals surface area contributed by atoms with Crippen molar-refractivity contribution in [3.05, 3.63) is 76.8 Å². The fraction of sp³-hybridized carbons (Fsp3) is 0.528. The topological polar surface area (TPSA) is 72.2 Å². The van der Waals surface area contributed by atoms with E-state index in [-0.39, 0.29) is 29.6 Å². The van der Waals surface area contributed by atoms with Gasteiger partial charge < -0.3 is 14.5 Å². The van der Waals surface area contributed by atoms with E-state index in [0.29, 0.717) is 37.1 Å². The summed E-state index contributed by atoms with van der Waals surface area (Å²) in [5.41, 5.74) is 7.03. The van der Waals surface area contributed by atoms with Gasteiger partial charge in [-0.25, -0.2) is 9.38 Å². The molecule has 9 rings (SSSR count). The Morgan fingerprint density at radius 3 is 2.84 bits per heavy atom. The third-order valence-corrected chi connectivity index (χ3v) is 12.0. The number of benzene rings is 1. The van der Waals surface area contributed by atoms with Crippen molar-refractivity contribution in [2.75, 3.05) is 32.8 Å². The normalized spacial score (nSPS) is 33.8. The SMILES string of the molecule is C=C(F)C(=O)N1CC[C@@H]2[C@H]1CN2C1=C(C#N)C(OCC23CCCN2CCC3)=NC2C=C(c3cccc4c3C3CC3C4)C=CC12. The van der Waals surface area contributed by atoms with Gasteiger partial charge in [0.1, 0.15) is 18.2 Å². The largest absolute Gasteiger partial charge is 0.475 e. The molecule has 1 aromatic rings. The molecular formula is C36H38FN5O2. The van der Waals surface area contributed by atoms with Crippen LogP contribution in [0.4, 0.5) is 4.39 Å². The van der Waals surface area contributed by atoms with E-state index in [4.69, 9.17) is 9.73 Å². The Balaban J connectivity index is 1.07. The Hall–Kier alpha value is -3.70. The summed E-state index contributed by atoms with van der Waals surface area (Å²) < 4.78 is 20.4. The highest BCUT2D eigenvalue weighted by atomic mass is 19.1. The summed E-state index contributed by atoms with van der Waals surface area (Å²) in [7, 11) is 0. The number of aliphatic imine (C=N–C) groups is 1. The summed E-state index contributed by atoms with van der Waals surface area (Å²) >= 11 is 0. The molecule has 44 heavy (non-hydrogen) atoms. The molecule has 8 heteroatoms. The molecule has 0 spiro atoms. The number of nitrogens with zero attached hydrogens (tertiary/aromatic N) is 5. The standard InChI is InChI=1S/C36H38FN5O2/c1-21(37)35(43)41-14-9-30-31(41)19-42(30)33-26-8-7-22(25-6-2-5-23-15-24-16-27(24)32(23)25)17-29(26)39-34(28(33)18-38)44-20-36-10-3-12-40(36)13-4-11-36/h2,5-8,17,24,26-27,29-31H,1,3-4,9-16,19-20H2/t24?,26?,27?,29?,30-,31-/m1/s1. The van der Waals surface area contributed by atoms with Crippen molar-refractivity contribution in [3.63, 3.8) is 0 Å². The molecule has 1 aromatic carbocycles. The molecular weight excluding hydrogens is 553 g/mol. The molecule has 4 saturated heterocycles. The third kappa shape index (κ3) is 3.81. The van der Waals surface area contributed by atoms with Crippen LogP contribution < -0.4 is 0 Å². The van der Waals surface area contributed by atoms with Gasteiger partial charge in [0.25, 0.3) is 5.91 Å². The van der Waals surface area contributed by atoms with Crippen molar-refractivity contribution in [1.29, 1.82) is 5.26 Å². The predicted octanol–water partition coefficient (Wildman–Crippen LogP) is 4.89. The van der Waals surface area contributed by atoms with Crippen molar-refractivity contribution in [2.45, 2.75) is 74.5 Å². The van der Waals surface area contributed by atoms with Crippen LogP contribution >= 0.6 is 0 Å². The predicted molar refractivity (Wildman–Crippen MR) is 165 cm³/mol. The van der Waals surface area contributed by atoms with Gasteiger partial charge >= 0.3 is 0 Å². The fourth-order valence-electron chi connectivity index (χ4n) is 9.80. The Morgan fingerprint density at radius 2 is 2.05 bits per heavy atom. The van der Waals surface area contributed by atoms with Gasteiger partial charge in [0, 0.05) is 24.7 Å². The summed E-state index contributed by atoms with van der Waals surface area (Å²) in [5, 5.41) is 10.6. The van der Waals surface area contributed by atoms with Gasteiger partial charge in [-0.15, -0.1) is 0 Å². The highest BCUT2D eigenvalue weighted by molar-refractivity contribution is 6.00. The number of likely N-dealkylation sites (tertiary alicyclic amines) is 2. The van der Waals surface area contributed by atoms with Crippen LogP contribution in [0.15, 0.2) is 65.1 Å². The van der Waals surface area contributed by atoms with Crippen LogP contribution in [0.3, 0.4) is 0 Å². The van der Waals surface area contributed by atoms with Crippen LogP contribution in [-0.2, 0) is 16.0 Å². The third-order valence-electron chi connectivity index (χ3n) is 12.0. The number of ether oxygens (including phenoxy) is 1. The number of amides is 1. The molecule has 5 heterocycles. The first kappa shape index (κ1) is 26.7. The minimum Gasteiger partial charge on any atom is -0.475 e. The number of dihydropyridines is 1. The van der Waals surface area contributed by atoms with Crippen LogP contribution in [0.25, 0.3) is 5.57 Å². The maximum atomic E-state index is 13.8. The lowest BCUT2D eigenvalue weighted by molar-refractivity contribution is -0.132. The lowest BCUT2D eigenvalue weighted by Gasteiger charge is -2.52. The van der Waals surface area contributed by atoms with E-state index in [0.717, 1.165) is 44.0 Å². The number of allylic oxidation sites excluding steroid dienone is 2. The second kappa shape index (κ2) is 9.65. The highest BCUT2D eigenvalue weighted by Gasteiger charge is 2.53. The molecule has 0 N–H and O–H groups in total. The number of carbonyl (C=O) groups excluding carboxylic acids is 1. The monoisotopic (exact) mass is 591 g/mol. The number of nitriles is 1. The summed E-state index contributed by atoms with van der Waals surface area (Å²) in [5.74, 6) is 0.328. The Kier molecular flexibility index (Phi) is 5.85. The van der Waals surface area contributed by atoms with Crippen molar-refractivity contribution in [2.24, 2.45) is 16.8 Å². The van der Waals surface area contributed by atoms with E-state index in [9.17, 15) is 14.4 Å². The van der Waals surface area contributed by atoms with Crippen molar-refractivity contribution < 1.29 is 13.9 Å². The molecule has 6 atom stereocenters. The maximum absolute atomic E-state index is 13.8. The first-order valence-electron chi connectivity index (χ1n) is 16.5. The first-order chi connectivity index (χ1) is 21.5. The second-order valence-corrected chi connectivity index (χ2v) is 14.2.